The van der Waals surface area contributed by atoms with Gasteiger partial charge in [-0.1, -0.05) is 29.5 Å². The van der Waals surface area contributed by atoms with E-state index in [1.54, 1.807) is 32.1 Å². The number of non-ortho nitro benzene ring substituents is 1. The molecule has 0 amide bonds. The maximum Gasteiger partial charge on any atom is 0.338 e. The number of thiazole rings is 1. The van der Waals surface area contributed by atoms with Gasteiger partial charge in [0.25, 0.3) is 11.2 Å². The van der Waals surface area contributed by atoms with Crippen molar-refractivity contribution >= 4 is 34.8 Å². The Balaban J connectivity index is 1.72. The molecule has 214 valence electrons. The number of allylic oxidation sites excluding steroid dienone is 1. The van der Waals surface area contributed by atoms with Crippen molar-refractivity contribution in [3.63, 3.8) is 0 Å². The molecule has 0 aliphatic carbocycles. The highest BCUT2D eigenvalue weighted by molar-refractivity contribution is 7.07. The Labute approximate surface area is 240 Å². The molecule has 2 aliphatic heterocycles. The summed E-state index contributed by atoms with van der Waals surface area (Å²) >= 11 is 1.17. The maximum atomic E-state index is 14.1. The highest BCUT2D eigenvalue weighted by Crippen LogP contribution is 2.35. The molecule has 0 radical (unpaired) electrons. The van der Waals surface area contributed by atoms with Crippen molar-refractivity contribution in [3.8, 4) is 5.75 Å². The molecule has 0 saturated carbocycles. The smallest absolute Gasteiger partial charge is 0.338 e. The lowest BCUT2D eigenvalue weighted by Gasteiger charge is -2.34. The van der Waals surface area contributed by atoms with Gasteiger partial charge in [-0.25, -0.2) is 9.79 Å². The molecule has 0 unspecified atom stereocenters. The van der Waals surface area contributed by atoms with Crippen molar-refractivity contribution in [2.45, 2.75) is 19.9 Å². The van der Waals surface area contributed by atoms with Crippen molar-refractivity contribution in [2.75, 3.05) is 51.8 Å². The number of fused-ring (bicyclic) bond motifs is 1. The molecule has 2 aliphatic rings. The van der Waals surface area contributed by atoms with Crippen LogP contribution in [-0.4, -0.2) is 67.3 Å². The van der Waals surface area contributed by atoms with E-state index in [-0.39, 0.29) is 23.4 Å². The Morgan fingerprint density at radius 1 is 1.20 bits per heavy atom. The standard InChI is InChI=1S/C29H31N5O6S/c1-5-40-28(36)25-18(2)30-29-33(26(25)21-8-6-7-9-23(21)39-4)27(35)24(41-29)17-19-16-20(34(37)38)10-11-22(19)32-14-12-31(3)13-15-32/h6-11,16-17,26H,5,12-15H2,1-4H3/t26-/m1/s1. The molecule has 1 atom stereocenters. The van der Waals surface area contributed by atoms with Crippen LogP contribution in [0.3, 0.4) is 0 Å². The van der Waals surface area contributed by atoms with Gasteiger partial charge >= 0.3 is 5.97 Å². The van der Waals surface area contributed by atoms with E-state index in [1.807, 2.05) is 18.2 Å². The Hall–Kier alpha value is -4.29. The predicted octanol–water partition coefficient (Wildman–Crippen LogP) is 2.47. The summed E-state index contributed by atoms with van der Waals surface area (Å²) in [6, 6.07) is 11.1. The summed E-state index contributed by atoms with van der Waals surface area (Å²) in [7, 11) is 3.59. The summed E-state index contributed by atoms with van der Waals surface area (Å²) in [5.74, 6) is -0.0467. The van der Waals surface area contributed by atoms with Gasteiger partial charge in [-0.3, -0.25) is 19.5 Å². The Kier molecular flexibility index (Phi) is 8.04. The zero-order valence-corrected chi connectivity index (χ0v) is 24.1. The average Bonchev–Trinajstić information content (AvgIpc) is 3.26. The van der Waals surface area contributed by atoms with Gasteiger partial charge in [0.2, 0.25) is 0 Å². The van der Waals surface area contributed by atoms with Crippen molar-refractivity contribution in [2.24, 2.45) is 4.99 Å². The van der Waals surface area contributed by atoms with Gasteiger partial charge in [-0.05, 0) is 39.1 Å². The SMILES string of the molecule is CCOC(=O)C1=C(C)N=c2sc(=Cc3cc([N+](=O)[O-])ccc3N3CCN(C)CC3)c(=O)n2[C@@H]1c1ccccc1OC. The number of rotatable bonds is 7. The number of hydrogen-bond donors (Lipinski definition) is 0. The number of benzene rings is 2. The molecule has 1 aromatic heterocycles. The van der Waals surface area contributed by atoms with Crippen LogP contribution in [0.4, 0.5) is 11.4 Å². The molecular weight excluding hydrogens is 546 g/mol. The van der Waals surface area contributed by atoms with Gasteiger partial charge in [0.05, 0.1) is 34.4 Å². The molecule has 1 saturated heterocycles. The van der Waals surface area contributed by atoms with Crippen LogP contribution >= 0.6 is 11.3 Å². The first-order valence-electron chi connectivity index (χ1n) is 13.3. The summed E-state index contributed by atoms with van der Waals surface area (Å²) < 4.78 is 12.8. The van der Waals surface area contributed by atoms with E-state index in [1.165, 1.54) is 35.1 Å². The molecule has 3 aromatic rings. The third kappa shape index (κ3) is 5.40. The van der Waals surface area contributed by atoms with Crippen LogP contribution in [0.5, 0.6) is 5.75 Å². The first-order chi connectivity index (χ1) is 19.7. The minimum atomic E-state index is -0.828. The molecule has 3 heterocycles. The second-order valence-corrected chi connectivity index (χ2v) is 10.8. The Morgan fingerprint density at radius 3 is 2.61 bits per heavy atom. The molecule has 41 heavy (non-hydrogen) atoms. The molecule has 2 aromatic carbocycles. The van der Waals surface area contributed by atoms with Crippen LogP contribution in [0.25, 0.3) is 6.08 Å². The van der Waals surface area contributed by atoms with E-state index in [0.717, 1.165) is 31.9 Å². The summed E-state index contributed by atoms with van der Waals surface area (Å²) in [6.07, 6.45) is 1.69. The number of anilines is 1. The van der Waals surface area contributed by atoms with Crippen LogP contribution in [-0.2, 0) is 9.53 Å². The normalized spacial score (nSPS) is 17.7. The van der Waals surface area contributed by atoms with Gasteiger partial charge in [0.1, 0.15) is 11.8 Å². The van der Waals surface area contributed by atoms with E-state index in [2.05, 4.69) is 21.8 Å². The van der Waals surface area contributed by atoms with Crippen molar-refractivity contribution in [1.29, 1.82) is 0 Å². The lowest BCUT2D eigenvalue weighted by molar-refractivity contribution is -0.384. The number of nitro benzene ring substituents is 1. The van der Waals surface area contributed by atoms with Gasteiger partial charge in [0, 0.05) is 55.1 Å². The zero-order valence-electron chi connectivity index (χ0n) is 23.3. The van der Waals surface area contributed by atoms with E-state index in [0.29, 0.717) is 31.9 Å². The number of carbonyl (C=O) groups excluding carboxylic acids is 1. The number of carbonyl (C=O) groups is 1. The van der Waals surface area contributed by atoms with Crippen LogP contribution in [0.1, 0.15) is 31.0 Å². The van der Waals surface area contributed by atoms with Gasteiger partial charge in [-0.15, -0.1) is 0 Å². The lowest BCUT2D eigenvalue weighted by atomic mass is 9.95. The number of para-hydroxylation sites is 1. The van der Waals surface area contributed by atoms with Gasteiger partial charge in [0.15, 0.2) is 4.80 Å². The maximum absolute atomic E-state index is 14.1. The number of nitrogens with zero attached hydrogens (tertiary/aromatic N) is 5. The summed E-state index contributed by atoms with van der Waals surface area (Å²) in [4.78, 5) is 47.9. The number of piperazine rings is 1. The van der Waals surface area contributed by atoms with E-state index < -0.39 is 16.9 Å². The Bertz CT molecular complexity index is 1720. The third-order valence-electron chi connectivity index (χ3n) is 7.30. The first-order valence-corrected chi connectivity index (χ1v) is 14.1. The number of nitro groups is 1. The Morgan fingerprint density at radius 2 is 1.93 bits per heavy atom. The fourth-order valence-corrected chi connectivity index (χ4v) is 6.26. The summed E-state index contributed by atoms with van der Waals surface area (Å²) in [5, 5.41) is 11.6. The summed E-state index contributed by atoms with van der Waals surface area (Å²) in [6.45, 7) is 6.83. The van der Waals surface area contributed by atoms with Crippen molar-refractivity contribution in [3.05, 3.63) is 94.7 Å². The topological polar surface area (TPSA) is 120 Å². The van der Waals surface area contributed by atoms with E-state index >= 15 is 0 Å². The quantitative estimate of drug-likeness (QED) is 0.239. The molecule has 5 rings (SSSR count). The van der Waals surface area contributed by atoms with E-state index in [9.17, 15) is 19.7 Å². The zero-order chi connectivity index (χ0) is 29.3. The second-order valence-electron chi connectivity index (χ2n) is 9.83. The van der Waals surface area contributed by atoms with Crippen molar-refractivity contribution < 1.29 is 19.2 Å². The molecular formula is C29H31N5O6S. The minimum Gasteiger partial charge on any atom is -0.496 e. The molecule has 0 bridgehead atoms. The average molecular weight is 578 g/mol. The second kappa shape index (κ2) is 11.7. The molecule has 11 nitrogen and oxygen atoms in total. The molecule has 1 fully saturated rings. The monoisotopic (exact) mass is 577 g/mol. The van der Waals surface area contributed by atoms with E-state index in [4.69, 9.17) is 9.47 Å². The number of aromatic nitrogens is 1. The number of likely N-dealkylation sites (N-methyl/N-ethyl adjacent to an activating group) is 1. The van der Waals surface area contributed by atoms with Crippen LogP contribution < -0.4 is 24.5 Å². The number of methoxy groups -OCH3 is 1. The largest absolute Gasteiger partial charge is 0.496 e. The number of ether oxygens (including phenoxy) is 2. The first kappa shape index (κ1) is 28.2. The lowest BCUT2D eigenvalue weighted by Crippen LogP contribution is -2.44. The van der Waals surface area contributed by atoms with Crippen molar-refractivity contribution in [1.82, 2.24) is 9.47 Å². The van der Waals surface area contributed by atoms with Crippen LogP contribution in [0, 0.1) is 10.1 Å². The molecule has 12 heteroatoms. The van der Waals surface area contributed by atoms with Crippen LogP contribution in [0.15, 0.2) is 63.5 Å². The number of esters is 1. The fourth-order valence-electron chi connectivity index (χ4n) is 5.23. The van der Waals surface area contributed by atoms with Crippen LogP contribution in [0.2, 0.25) is 0 Å². The van der Waals surface area contributed by atoms with Gasteiger partial charge < -0.3 is 19.3 Å². The molecule has 0 N–H and O–H groups in total. The number of hydrogen-bond acceptors (Lipinski definition) is 10. The highest BCUT2D eigenvalue weighted by atomic mass is 32.1. The summed E-state index contributed by atoms with van der Waals surface area (Å²) in [5.41, 5.74) is 2.28. The third-order valence-corrected chi connectivity index (χ3v) is 8.29. The fraction of sp³-hybridized carbons (Fsp3) is 0.345. The molecule has 0 spiro atoms. The minimum absolute atomic E-state index is 0.0609. The predicted molar refractivity (Wildman–Crippen MR) is 156 cm³/mol. The van der Waals surface area contributed by atoms with Gasteiger partial charge in [-0.2, -0.15) is 0 Å². The highest BCUT2D eigenvalue weighted by Gasteiger charge is 2.35.